The number of rotatable bonds is 6. The number of hydrogen-bond acceptors (Lipinski definition) is 5. The summed E-state index contributed by atoms with van der Waals surface area (Å²) in [5.74, 6) is 1.43. The number of nitrogens with zero attached hydrogens (tertiary/aromatic N) is 3. The third-order valence-electron chi connectivity index (χ3n) is 2.48. The molecule has 2 aromatic rings. The van der Waals surface area contributed by atoms with Gasteiger partial charge in [0.1, 0.15) is 18.1 Å². The van der Waals surface area contributed by atoms with E-state index in [4.69, 9.17) is 10.2 Å². The molecule has 2 aromatic heterocycles. The first-order valence-corrected chi connectivity index (χ1v) is 5.64. The lowest BCUT2D eigenvalue weighted by Crippen LogP contribution is -2.01. The van der Waals surface area contributed by atoms with E-state index in [2.05, 4.69) is 5.10 Å². The lowest BCUT2D eigenvalue weighted by Gasteiger charge is -1.95. The van der Waals surface area contributed by atoms with Crippen LogP contribution in [0.2, 0.25) is 0 Å². The molecule has 0 aliphatic carbocycles. The van der Waals surface area contributed by atoms with E-state index in [1.54, 1.807) is 6.20 Å². The van der Waals surface area contributed by atoms with E-state index in [0.29, 0.717) is 13.1 Å². The molecule has 0 aromatic carbocycles. The lowest BCUT2D eigenvalue weighted by molar-refractivity contribution is -0.389. The normalized spacial score (nSPS) is 10.7. The number of aryl methyl sites for hydroxylation is 1. The molecule has 0 bridgehead atoms. The van der Waals surface area contributed by atoms with Crippen LogP contribution in [0.1, 0.15) is 17.9 Å². The Bertz CT molecular complexity index is 532. The van der Waals surface area contributed by atoms with Crippen LogP contribution in [-0.4, -0.2) is 21.2 Å². The first kappa shape index (κ1) is 12.3. The molecule has 0 aliphatic heterocycles. The summed E-state index contributed by atoms with van der Waals surface area (Å²) in [4.78, 5) is 9.96. The topological polar surface area (TPSA) is 100 Å². The van der Waals surface area contributed by atoms with Crippen LogP contribution in [0.4, 0.5) is 5.82 Å². The first-order chi connectivity index (χ1) is 8.69. The molecule has 18 heavy (non-hydrogen) atoms. The largest absolute Gasteiger partial charge is 0.464 e. The van der Waals surface area contributed by atoms with Crippen LogP contribution in [0.25, 0.3) is 0 Å². The molecule has 0 atom stereocenters. The highest BCUT2D eigenvalue weighted by atomic mass is 16.6. The standard InChI is InChI=1S/C11H14N4O3/c12-6-1-2-9-3-4-10(18-9)8-14-7-5-11(13-14)15(16)17/h3-5,7H,1-2,6,8,12H2. The Morgan fingerprint density at radius 1 is 1.39 bits per heavy atom. The predicted molar refractivity (Wildman–Crippen MR) is 64.1 cm³/mol. The summed E-state index contributed by atoms with van der Waals surface area (Å²) in [5.41, 5.74) is 5.42. The third-order valence-corrected chi connectivity index (χ3v) is 2.48. The molecular weight excluding hydrogens is 236 g/mol. The van der Waals surface area contributed by atoms with Gasteiger partial charge in [0.2, 0.25) is 0 Å². The highest BCUT2D eigenvalue weighted by Crippen LogP contribution is 2.12. The van der Waals surface area contributed by atoms with Crippen molar-refractivity contribution < 1.29 is 9.34 Å². The van der Waals surface area contributed by atoms with Gasteiger partial charge >= 0.3 is 5.82 Å². The fourth-order valence-corrected chi connectivity index (χ4v) is 1.61. The number of nitrogens with two attached hydrogens (primary N) is 1. The Balaban J connectivity index is 1.99. The highest BCUT2D eigenvalue weighted by molar-refractivity contribution is 5.15. The molecule has 0 saturated heterocycles. The first-order valence-electron chi connectivity index (χ1n) is 5.64. The van der Waals surface area contributed by atoms with Gasteiger partial charge in [-0.15, -0.1) is 0 Å². The second-order valence-electron chi connectivity index (χ2n) is 3.89. The van der Waals surface area contributed by atoms with Crippen LogP contribution in [-0.2, 0) is 13.0 Å². The molecule has 0 radical (unpaired) electrons. The molecule has 7 nitrogen and oxygen atoms in total. The third kappa shape index (κ3) is 2.95. The summed E-state index contributed by atoms with van der Waals surface area (Å²) >= 11 is 0. The van der Waals surface area contributed by atoms with Crippen molar-refractivity contribution in [2.45, 2.75) is 19.4 Å². The van der Waals surface area contributed by atoms with Gasteiger partial charge in [-0.2, -0.15) is 4.68 Å². The zero-order valence-corrected chi connectivity index (χ0v) is 9.78. The van der Waals surface area contributed by atoms with Crippen LogP contribution < -0.4 is 5.73 Å². The van der Waals surface area contributed by atoms with Crippen molar-refractivity contribution in [2.24, 2.45) is 5.73 Å². The van der Waals surface area contributed by atoms with Gasteiger partial charge in [0.25, 0.3) is 0 Å². The van der Waals surface area contributed by atoms with E-state index in [1.807, 2.05) is 12.1 Å². The number of nitro groups is 1. The van der Waals surface area contributed by atoms with Crippen LogP contribution in [0.3, 0.4) is 0 Å². The molecule has 0 unspecified atom stereocenters. The molecule has 0 fully saturated rings. The fraction of sp³-hybridized carbons (Fsp3) is 0.364. The van der Waals surface area contributed by atoms with E-state index in [-0.39, 0.29) is 5.82 Å². The molecule has 7 heteroatoms. The van der Waals surface area contributed by atoms with Crippen molar-refractivity contribution in [3.05, 3.63) is 46.0 Å². The van der Waals surface area contributed by atoms with E-state index < -0.39 is 4.92 Å². The minimum Gasteiger partial charge on any atom is -0.464 e. The summed E-state index contributed by atoms with van der Waals surface area (Å²) in [5, 5.41) is 14.3. The summed E-state index contributed by atoms with van der Waals surface area (Å²) in [6.45, 7) is 1.01. The molecular formula is C11H14N4O3. The zero-order chi connectivity index (χ0) is 13.0. The number of hydrogen-bond donors (Lipinski definition) is 1. The fourth-order valence-electron chi connectivity index (χ4n) is 1.61. The molecule has 2 rings (SSSR count). The molecule has 0 amide bonds. The van der Waals surface area contributed by atoms with Gasteiger partial charge in [-0.05, 0) is 30.0 Å². The van der Waals surface area contributed by atoms with E-state index in [0.717, 1.165) is 24.4 Å². The molecule has 0 aliphatic rings. The van der Waals surface area contributed by atoms with Gasteiger partial charge in [0.05, 0.1) is 17.4 Å². The van der Waals surface area contributed by atoms with Crippen molar-refractivity contribution in [2.75, 3.05) is 6.54 Å². The second kappa shape index (κ2) is 5.46. The molecule has 96 valence electrons. The maximum atomic E-state index is 10.5. The van der Waals surface area contributed by atoms with Crippen molar-refractivity contribution in [1.82, 2.24) is 9.78 Å². The van der Waals surface area contributed by atoms with E-state index in [1.165, 1.54) is 10.7 Å². The van der Waals surface area contributed by atoms with Crippen molar-refractivity contribution in [3.8, 4) is 0 Å². The van der Waals surface area contributed by atoms with Crippen LogP contribution in [0.5, 0.6) is 0 Å². The maximum absolute atomic E-state index is 10.5. The van der Waals surface area contributed by atoms with E-state index >= 15 is 0 Å². The minimum absolute atomic E-state index is 0.162. The van der Waals surface area contributed by atoms with Gasteiger partial charge in [-0.1, -0.05) is 0 Å². The summed E-state index contributed by atoms with van der Waals surface area (Å²) in [6, 6.07) is 5.10. The Morgan fingerprint density at radius 3 is 2.83 bits per heavy atom. The Labute approximate surface area is 103 Å². The average molecular weight is 250 g/mol. The van der Waals surface area contributed by atoms with Crippen LogP contribution in [0, 0.1) is 10.1 Å². The predicted octanol–water partition coefficient (Wildman–Crippen LogP) is 1.32. The quantitative estimate of drug-likeness (QED) is 0.615. The Kier molecular flexibility index (Phi) is 3.73. The van der Waals surface area contributed by atoms with E-state index in [9.17, 15) is 10.1 Å². The van der Waals surface area contributed by atoms with Gasteiger partial charge in [-0.25, -0.2) is 0 Å². The summed E-state index contributed by atoms with van der Waals surface area (Å²) < 4.78 is 7.05. The van der Waals surface area contributed by atoms with Crippen molar-refractivity contribution in [3.63, 3.8) is 0 Å². The van der Waals surface area contributed by atoms with Gasteiger partial charge < -0.3 is 20.3 Å². The van der Waals surface area contributed by atoms with Crippen molar-refractivity contribution in [1.29, 1.82) is 0 Å². The minimum atomic E-state index is -0.523. The average Bonchev–Trinajstić information content (AvgIpc) is 2.96. The van der Waals surface area contributed by atoms with Gasteiger partial charge in [-0.3, -0.25) is 0 Å². The van der Waals surface area contributed by atoms with Gasteiger partial charge in [0.15, 0.2) is 0 Å². The van der Waals surface area contributed by atoms with Crippen LogP contribution >= 0.6 is 0 Å². The molecule has 2 N–H and O–H groups in total. The molecule has 2 heterocycles. The van der Waals surface area contributed by atoms with Crippen molar-refractivity contribution >= 4 is 5.82 Å². The highest BCUT2D eigenvalue weighted by Gasteiger charge is 2.12. The van der Waals surface area contributed by atoms with Gasteiger partial charge in [0, 0.05) is 6.42 Å². The Hall–Kier alpha value is -2.15. The summed E-state index contributed by atoms with van der Waals surface area (Å²) in [7, 11) is 0. The Morgan fingerprint density at radius 2 is 2.17 bits per heavy atom. The maximum Gasteiger partial charge on any atom is 0.389 e. The molecule has 0 saturated carbocycles. The second-order valence-corrected chi connectivity index (χ2v) is 3.89. The number of furan rings is 1. The smallest absolute Gasteiger partial charge is 0.389 e. The molecule has 0 spiro atoms. The SMILES string of the molecule is NCCCc1ccc(Cn2ccc([N+](=O)[O-])n2)o1. The monoisotopic (exact) mass is 250 g/mol. The zero-order valence-electron chi connectivity index (χ0n) is 9.78. The van der Waals surface area contributed by atoms with Crippen LogP contribution in [0.15, 0.2) is 28.8 Å². The lowest BCUT2D eigenvalue weighted by atomic mass is 10.2. The summed E-state index contributed by atoms with van der Waals surface area (Å²) in [6.07, 6.45) is 3.23. The number of aromatic nitrogens is 2.